The van der Waals surface area contributed by atoms with Crippen LogP contribution in [-0.2, 0) is 92.4 Å². The predicted molar refractivity (Wildman–Crippen MR) is 361 cm³/mol. The van der Waals surface area contributed by atoms with Gasteiger partial charge in [-0.1, -0.05) is 85.6 Å². The van der Waals surface area contributed by atoms with Crippen molar-refractivity contribution in [2.24, 2.45) is 0 Å². The fraction of sp³-hybridized carbons (Fsp3) is 0.513. The number of carbonyl (C=O) groups is 11. The van der Waals surface area contributed by atoms with E-state index in [1.807, 2.05) is 27.7 Å². The molecule has 0 N–H and O–H groups in total. The second kappa shape index (κ2) is 42.5. The van der Waals surface area contributed by atoms with Crippen LogP contribution in [-0.4, -0.2) is 139 Å². The van der Waals surface area contributed by atoms with Gasteiger partial charge in [-0.3, -0.25) is 47.9 Å². The van der Waals surface area contributed by atoms with E-state index >= 15 is 0 Å². The number of ether oxygens (including phenoxy) is 11. The SMILES string of the molecule is C=C(C)C(=O)OCCOc1c2cc(C(=O)CCCCC)cc1Cc1cc(C(=O)CCCCC)cc(c1OCCOC(=O)CC(=O)OC)Cc1cc(C(=O)CCCCC)cc(c1OCCOC(=O)CC(=O)OC)Cc1cc(C(=O)CCCCC)cc(c1OCCOC(=O)CC(=O)OC)C2. The topological polar surface area (TPSA) is 289 Å². The monoisotopic (exact) mass is 1360 g/mol. The Balaban J connectivity index is 2.02. The van der Waals surface area contributed by atoms with Crippen LogP contribution in [0.15, 0.2) is 60.7 Å². The van der Waals surface area contributed by atoms with Gasteiger partial charge in [0.05, 0.1) is 21.3 Å². The van der Waals surface area contributed by atoms with Crippen LogP contribution in [0.4, 0.5) is 0 Å². The van der Waals surface area contributed by atoms with Crippen molar-refractivity contribution < 1.29 is 105 Å². The molecule has 98 heavy (non-hydrogen) atoms. The van der Waals surface area contributed by atoms with Crippen molar-refractivity contribution in [2.45, 2.75) is 182 Å². The Hall–Kier alpha value is -9.21. The second-order valence-corrected chi connectivity index (χ2v) is 24.0. The highest BCUT2D eigenvalue weighted by molar-refractivity contribution is 6.00. The molecule has 0 atom stereocenters. The van der Waals surface area contributed by atoms with Crippen molar-refractivity contribution in [2.75, 3.05) is 74.2 Å². The van der Waals surface area contributed by atoms with Crippen molar-refractivity contribution in [3.63, 3.8) is 0 Å². The third kappa shape index (κ3) is 26.0. The van der Waals surface area contributed by atoms with E-state index in [0.717, 1.165) is 72.7 Å². The summed E-state index contributed by atoms with van der Waals surface area (Å²) >= 11 is 0. The molecule has 1 aliphatic rings. The Morgan fingerprint density at radius 2 is 0.531 bits per heavy atom. The van der Waals surface area contributed by atoms with Crippen LogP contribution < -0.4 is 18.9 Å². The van der Waals surface area contributed by atoms with Gasteiger partial charge < -0.3 is 52.1 Å². The van der Waals surface area contributed by atoms with Crippen molar-refractivity contribution in [3.8, 4) is 23.0 Å². The van der Waals surface area contributed by atoms with E-state index in [4.69, 9.17) is 37.9 Å². The molecule has 1 aliphatic carbocycles. The lowest BCUT2D eigenvalue weighted by Gasteiger charge is -2.25. The number of ketones is 4. The standard InChI is InChI=1S/C76H96O22/c1-10-14-18-22-62(77)50-34-54-42-56-36-51(63(78)23-19-15-11-2)38-58(73(56)95-30-27-92-70(85)47-67(82)89-8)44-60-40-53(65(80)25-21-17-13-4)41-61(75(60)97-32-33-98-76(87)49(5)6)45-59-39-52(64(79)24-20-16-12-3)37-57(74(59)96-31-28-93-71(86)48-68(83)90-9)43-55(35-50)72(54)94-29-26-91-69(84)46-66(81)88-7/h34-41H,5,10-33,42-48H2,1-4,6-9H3. The molecule has 0 spiro atoms. The first-order valence-corrected chi connectivity index (χ1v) is 33.9. The van der Waals surface area contributed by atoms with Crippen LogP contribution in [0.3, 0.4) is 0 Å². The highest BCUT2D eigenvalue weighted by atomic mass is 16.6. The zero-order valence-corrected chi connectivity index (χ0v) is 58.2. The maximum Gasteiger partial charge on any atom is 0.333 e. The number of Topliss-reactive ketones (excluding diaryl/α,β-unsaturated/α-hetero) is 4. The summed E-state index contributed by atoms with van der Waals surface area (Å²) in [6.07, 6.45) is 6.81. The van der Waals surface area contributed by atoms with Crippen LogP contribution in [0, 0.1) is 0 Å². The third-order valence-electron chi connectivity index (χ3n) is 16.1. The summed E-state index contributed by atoms with van der Waals surface area (Å²) in [6.45, 7) is 10.9. The number of hydrogen-bond acceptors (Lipinski definition) is 22. The molecular formula is C76H96O22. The number of fused-ring (bicyclic) bond motifs is 8. The molecule has 0 radical (unpaired) electrons. The molecule has 4 aromatic carbocycles. The molecule has 0 saturated carbocycles. The highest BCUT2D eigenvalue weighted by Crippen LogP contribution is 2.42. The highest BCUT2D eigenvalue weighted by Gasteiger charge is 2.29. The van der Waals surface area contributed by atoms with Gasteiger partial charge in [-0.2, -0.15) is 0 Å². The molecule has 0 unspecified atom stereocenters. The number of benzene rings is 4. The van der Waals surface area contributed by atoms with Gasteiger partial charge in [0.1, 0.15) is 95.1 Å². The van der Waals surface area contributed by atoms with Gasteiger partial charge in [0.2, 0.25) is 0 Å². The maximum absolute atomic E-state index is 14.8. The van der Waals surface area contributed by atoms with Crippen LogP contribution in [0.1, 0.15) is 243 Å². The van der Waals surface area contributed by atoms with E-state index in [2.05, 4.69) is 20.8 Å². The van der Waals surface area contributed by atoms with E-state index in [0.29, 0.717) is 86.9 Å². The van der Waals surface area contributed by atoms with Gasteiger partial charge in [0.25, 0.3) is 0 Å². The molecule has 0 saturated heterocycles. The third-order valence-corrected chi connectivity index (χ3v) is 16.1. The Morgan fingerprint density at radius 3 is 0.724 bits per heavy atom. The minimum absolute atomic E-state index is 0.118. The number of hydrogen-bond donors (Lipinski definition) is 0. The number of methoxy groups -OCH3 is 3. The van der Waals surface area contributed by atoms with Gasteiger partial charge >= 0.3 is 41.8 Å². The van der Waals surface area contributed by atoms with E-state index in [9.17, 15) is 52.7 Å². The molecule has 4 aromatic rings. The molecule has 22 heteroatoms. The minimum atomic E-state index is -0.885. The maximum atomic E-state index is 14.8. The molecule has 0 aliphatic heterocycles. The van der Waals surface area contributed by atoms with Crippen LogP contribution in [0.2, 0.25) is 0 Å². The lowest BCUT2D eigenvalue weighted by Crippen LogP contribution is -2.18. The average molecular weight is 1360 g/mol. The molecule has 8 bridgehead atoms. The Morgan fingerprint density at radius 1 is 0.316 bits per heavy atom. The summed E-state index contributed by atoms with van der Waals surface area (Å²) in [5.41, 5.74) is 4.48. The first kappa shape index (κ1) is 79.5. The average Bonchev–Trinajstić information content (AvgIpc) is 0.772. The molecule has 5 rings (SSSR count). The molecule has 0 fully saturated rings. The summed E-state index contributed by atoms with van der Waals surface area (Å²) < 4.78 is 63.1. The Labute approximate surface area is 574 Å². The Kier molecular flexibility index (Phi) is 34.4. The zero-order valence-electron chi connectivity index (χ0n) is 58.2. The van der Waals surface area contributed by atoms with Crippen molar-refractivity contribution in [3.05, 3.63) is 127 Å². The molecular weight excluding hydrogens is 1260 g/mol. The molecule has 0 amide bonds. The lowest BCUT2D eigenvalue weighted by molar-refractivity contribution is -0.155. The number of carbonyl (C=O) groups excluding carboxylic acids is 11. The summed E-state index contributed by atoms with van der Waals surface area (Å²) in [5, 5.41) is 0. The van der Waals surface area contributed by atoms with Gasteiger partial charge in [0, 0.05) is 79.2 Å². The summed E-state index contributed by atoms with van der Waals surface area (Å²) in [6, 6.07) is 13.6. The first-order chi connectivity index (χ1) is 47.2. The van der Waals surface area contributed by atoms with Crippen molar-refractivity contribution in [1.82, 2.24) is 0 Å². The van der Waals surface area contributed by atoms with Gasteiger partial charge in [-0.25, -0.2) is 4.79 Å². The molecule has 532 valence electrons. The van der Waals surface area contributed by atoms with Crippen LogP contribution in [0.5, 0.6) is 23.0 Å². The van der Waals surface area contributed by atoms with Gasteiger partial charge in [0.15, 0.2) is 23.1 Å². The fourth-order valence-corrected chi connectivity index (χ4v) is 11.0. The summed E-state index contributed by atoms with van der Waals surface area (Å²) in [5.74, 6) is -5.73. The number of rotatable bonds is 43. The summed E-state index contributed by atoms with van der Waals surface area (Å²) in [7, 11) is 3.42. The summed E-state index contributed by atoms with van der Waals surface area (Å²) in [4.78, 5) is 147. The lowest BCUT2D eigenvalue weighted by atomic mass is 9.86. The predicted octanol–water partition coefficient (Wildman–Crippen LogP) is 12.4. The zero-order chi connectivity index (χ0) is 71.5. The largest absolute Gasteiger partial charge is 0.489 e. The number of esters is 7. The molecule has 22 nitrogen and oxygen atoms in total. The first-order valence-electron chi connectivity index (χ1n) is 33.9. The van der Waals surface area contributed by atoms with E-state index in [1.54, 1.807) is 48.5 Å². The Bertz CT molecular complexity index is 3300. The van der Waals surface area contributed by atoms with Crippen molar-refractivity contribution >= 4 is 64.9 Å². The van der Waals surface area contributed by atoms with Crippen molar-refractivity contribution in [1.29, 1.82) is 0 Å². The molecule has 0 aromatic heterocycles. The van der Waals surface area contributed by atoms with E-state index in [1.165, 1.54) is 6.92 Å². The minimum Gasteiger partial charge on any atom is -0.489 e. The quantitative estimate of drug-likeness (QED) is 0.00875. The van der Waals surface area contributed by atoms with Crippen LogP contribution in [0.25, 0.3) is 0 Å². The number of unbranched alkanes of at least 4 members (excludes halogenated alkanes) is 8. The van der Waals surface area contributed by atoms with Gasteiger partial charge in [-0.15, -0.1) is 0 Å². The second-order valence-electron chi connectivity index (χ2n) is 24.0. The molecule has 0 heterocycles. The van der Waals surface area contributed by atoms with E-state index in [-0.39, 0.29) is 161 Å². The smallest absolute Gasteiger partial charge is 0.333 e. The van der Waals surface area contributed by atoms with E-state index < -0.39 is 61.0 Å². The van der Waals surface area contributed by atoms with Gasteiger partial charge in [-0.05, 0) is 126 Å². The fourth-order valence-electron chi connectivity index (χ4n) is 11.0. The normalized spacial score (nSPS) is 11.5. The van der Waals surface area contributed by atoms with Crippen LogP contribution >= 0.6 is 0 Å².